The van der Waals surface area contributed by atoms with Crippen molar-refractivity contribution < 1.29 is 35.8 Å². The van der Waals surface area contributed by atoms with E-state index in [4.69, 9.17) is 0 Å². The summed E-state index contributed by atoms with van der Waals surface area (Å²) in [6.07, 6.45) is -9.84. The maximum absolute atomic E-state index is 13.0. The molecule has 2 aliphatic rings. The number of thiophene rings is 1. The van der Waals surface area contributed by atoms with Crippen molar-refractivity contribution in [3.63, 3.8) is 0 Å². The fourth-order valence-corrected chi connectivity index (χ4v) is 6.92. The third-order valence-electron chi connectivity index (χ3n) is 7.05. The molecule has 0 radical (unpaired) electrons. The van der Waals surface area contributed by atoms with Crippen molar-refractivity contribution in [2.75, 3.05) is 0 Å². The van der Waals surface area contributed by atoms with Crippen molar-refractivity contribution in [2.45, 2.75) is 12.7 Å². The first-order chi connectivity index (χ1) is 21.4. The van der Waals surface area contributed by atoms with Gasteiger partial charge in [0, 0.05) is 32.0 Å². The Bertz CT molecular complexity index is 2150. The van der Waals surface area contributed by atoms with Crippen molar-refractivity contribution in [1.82, 2.24) is 0 Å². The van der Waals surface area contributed by atoms with Crippen molar-refractivity contribution in [3.05, 3.63) is 92.7 Å². The van der Waals surface area contributed by atoms with Crippen molar-refractivity contribution in [2.24, 2.45) is 0 Å². The molecule has 0 amide bonds. The smallest absolute Gasteiger partial charge is 0.406 e. The quantitative estimate of drug-likeness (QED) is 0.143. The molecule has 0 unspecified atom stereocenters. The van der Waals surface area contributed by atoms with E-state index < -0.39 is 24.2 Å². The van der Waals surface area contributed by atoms with Gasteiger partial charge in [0.25, 0.3) is 0 Å². The van der Waals surface area contributed by atoms with E-state index in [1.807, 2.05) is 12.1 Å². The van der Waals surface area contributed by atoms with E-state index in [9.17, 15) is 47.4 Å². The summed E-state index contributed by atoms with van der Waals surface area (Å²) in [5.41, 5.74) is 3.57. The van der Waals surface area contributed by atoms with Crippen LogP contribution >= 0.6 is 11.3 Å². The largest absolute Gasteiger partial charge is 0.573 e. The zero-order chi connectivity index (χ0) is 32.3. The van der Waals surface area contributed by atoms with Gasteiger partial charge < -0.3 is 9.47 Å². The molecule has 0 aliphatic heterocycles. The van der Waals surface area contributed by atoms with E-state index >= 15 is 0 Å². The van der Waals surface area contributed by atoms with E-state index in [1.165, 1.54) is 18.2 Å². The lowest BCUT2D eigenvalue weighted by Crippen LogP contribution is -2.17. The molecule has 0 N–H and O–H groups in total. The number of alkyl halides is 6. The monoisotopic (exact) mass is 628 g/mol. The zero-order valence-electron chi connectivity index (χ0n) is 22.1. The summed E-state index contributed by atoms with van der Waals surface area (Å²) in [6, 6.07) is 21.2. The molecule has 1 heterocycles. The fraction of sp³-hybridized carbons (Fsp3) is 0.0625. The van der Waals surface area contributed by atoms with Crippen LogP contribution in [0.5, 0.6) is 11.5 Å². The molecule has 1 aromatic heterocycles. The summed E-state index contributed by atoms with van der Waals surface area (Å²) in [4.78, 5) is 0.883. The average molecular weight is 629 g/mol. The van der Waals surface area contributed by atoms with Crippen LogP contribution in [0.4, 0.5) is 26.3 Å². The number of hydrogen-bond acceptors (Lipinski definition) is 7. The molecule has 0 saturated carbocycles. The highest BCUT2D eigenvalue weighted by Gasteiger charge is 2.40. The third-order valence-corrected chi connectivity index (χ3v) is 8.28. The highest BCUT2D eigenvalue weighted by molar-refractivity contribution is 7.16. The van der Waals surface area contributed by atoms with Crippen molar-refractivity contribution >= 4 is 22.5 Å². The number of nitrogens with zero attached hydrogens (tertiary/aromatic N) is 4. The Morgan fingerprint density at radius 1 is 0.533 bits per heavy atom. The number of nitriles is 4. The predicted octanol–water partition coefficient (Wildman–Crippen LogP) is 8.87. The highest BCUT2D eigenvalue weighted by Crippen LogP contribution is 2.61. The molecule has 13 heteroatoms. The molecular weight excluding hydrogens is 618 g/mol. The Labute approximate surface area is 253 Å². The number of allylic oxidation sites excluding steroid dienone is 2. The molecule has 0 saturated heterocycles. The van der Waals surface area contributed by atoms with Gasteiger partial charge in [-0.1, -0.05) is 24.3 Å². The van der Waals surface area contributed by atoms with Crippen LogP contribution in [0, 0.1) is 45.3 Å². The summed E-state index contributed by atoms with van der Waals surface area (Å²) >= 11 is 1.08. The molecule has 218 valence electrons. The molecule has 6 rings (SSSR count). The zero-order valence-corrected chi connectivity index (χ0v) is 22.9. The van der Waals surface area contributed by atoms with E-state index in [1.54, 1.807) is 30.3 Å². The first-order valence-corrected chi connectivity index (χ1v) is 13.4. The molecule has 6 nitrogen and oxygen atoms in total. The van der Waals surface area contributed by atoms with E-state index in [0.717, 1.165) is 35.6 Å². The van der Waals surface area contributed by atoms with E-state index in [-0.39, 0.29) is 27.9 Å². The van der Waals surface area contributed by atoms with Gasteiger partial charge in [-0.25, -0.2) is 0 Å². The van der Waals surface area contributed by atoms with Gasteiger partial charge in [-0.3, -0.25) is 0 Å². The fourth-order valence-electron chi connectivity index (χ4n) is 5.45. The third kappa shape index (κ3) is 4.92. The van der Waals surface area contributed by atoms with Gasteiger partial charge in [0.15, 0.2) is 0 Å². The Kier molecular flexibility index (Phi) is 6.66. The lowest BCUT2D eigenvalue weighted by molar-refractivity contribution is -0.275. The summed E-state index contributed by atoms with van der Waals surface area (Å²) in [6.45, 7) is 0. The number of fused-ring (bicyclic) bond motifs is 7. The first kappa shape index (κ1) is 29.1. The summed E-state index contributed by atoms with van der Waals surface area (Å²) in [5.74, 6) is -0.961. The summed E-state index contributed by atoms with van der Waals surface area (Å²) in [7, 11) is 0. The molecule has 45 heavy (non-hydrogen) atoms. The van der Waals surface area contributed by atoms with Crippen molar-refractivity contribution in [1.29, 1.82) is 21.0 Å². The van der Waals surface area contributed by atoms with Gasteiger partial charge in [-0.15, -0.1) is 37.7 Å². The van der Waals surface area contributed by atoms with Crippen LogP contribution in [0.25, 0.3) is 44.5 Å². The molecule has 0 fully saturated rings. The van der Waals surface area contributed by atoms with Gasteiger partial charge >= 0.3 is 12.7 Å². The highest BCUT2D eigenvalue weighted by atomic mass is 32.1. The topological polar surface area (TPSA) is 114 Å². The Balaban J connectivity index is 1.57. The first-order valence-electron chi connectivity index (χ1n) is 12.6. The second-order valence-corrected chi connectivity index (χ2v) is 10.6. The standard InChI is InChI=1S/C32H10F6N4O2S/c33-31(34,35)43-19-4-1-15(2-5-19)16-3-7-21-23(9-16)25(17(11-39)12-40)29-27(21)28-22-8-6-20(44-32(36,37)38)10-24(22)26(30(28)45-29)18(13-41)14-42/h1-10H. The van der Waals surface area contributed by atoms with E-state index in [0.29, 0.717) is 48.7 Å². The second kappa shape index (κ2) is 10.3. The summed E-state index contributed by atoms with van der Waals surface area (Å²) in [5, 5.41) is 39.2. The maximum Gasteiger partial charge on any atom is 0.573 e. The van der Waals surface area contributed by atoms with Crippen molar-refractivity contribution in [3.8, 4) is 69.2 Å². The minimum atomic E-state index is -4.98. The summed E-state index contributed by atoms with van der Waals surface area (Å²) < 4.78 is 84.9. The van der Waals surface area contributed by atoms with Crippen LogP contribution in [0.2, 0.25) is 0 Å². The van der Waals surface area contributed by atoms with Crippen LogP contribution in [0.15, 0.2) is 71.8 Å². The minimum Gasteiger partial charge on any atom is -0.406 e. The predicted molar refractivity (Wildman–Crippen MR) is 148 cm³/mol. The number of hydrogen-bond donors (Lipinski definition) is 0. The molecule has 4 aromatic rings. The minimum absolute atomic E-state index is 0.103. The number of ether oxygens (including phenoxy) is 2. The Hall–Kier alpha value is -6.02. The lowest BCUT2D eigenvalue weighted by Gasteiger charge is -2.11. The van der Waals surface area contributed by atoms with E-state index in [2.05, 4.69) is 9.47 Å². The number of halogens is 6. The molecule has 2 aliphatic carbocycles. The molecular formula is C32H10F6N4O2S. The van der Waals surface area contributed by atoms with Gasteiger partial charge in [0.05, 0.1) is 0 Å². The van der Waals surface area contributed by atoms with Crippen LogP contribution in [-0.4, -0.2) is 12.7 Å². The lowest BCUT2D eigenvalue weighted by atomic mass is 9.95. The van der Waals surface area contributed by atoms with Crippen LogP contribution in [0.3, 0.4) is 0 Å². The maximum atomic E-state index is 13.0. The normalized spacial score (nSPS) is 12.5. The van der Waals surface area contributed by atoms with Crippen LogP contribution < -0.4 is 9.47 Å². The number of rotatable bonds is 3. The van der Waals surface area contributed by atoms with Gasteiger partial charge in [0.1, 0.15) is 46.9 Å². The van der Waals surface area contributed by atoms with Crippen LogP contribution in [-0.2, 0) is 0 Å². The average Bonchev–Trinajstić information content (AvgIpc) is 3.59. The molecule has 0 bridgehead atoms. The Morgan fingerprint density at radius 3 is 1.44 bits per heavy atom. The molecule has 0 atom stereocenters. The van der Waals surface area contributed by atoms with Crippen LogP contribution in [0.1, 0.15) is 20.9 Å². The van der Waals surface area contributed by atoms with Gasteiger partial charge in [-0.05, 0) is 69.8 Å². The number of benzene rings is 3. The second-order valence-electron chi connectivity index (χ2n) is 9.55. The van der Waals surface area contributed by atoms with Gasteiger partial charge in [0.2, 0.25) is 0 Å². The SMILES string of the molecule is N#CC(C#N)=C1c2cc(OC(F)(F)F)ccc2-c2c1sc1c2-c2ccc(-c3ccc(OC(F)(F)F)cc3)cc2C1=C(C#N)C#N. The Morgan fingerprint density at radius 2 is 0.956 bits per heavy atom. The molecule has 0 spiro atoms. The van der Waals surface area contributed by atoms with Gasteiger partial charge in [-0.2, -0.15) is 21.0 Å². The molecule has 3 aromatic carbocycles.